The summed E-state index contributed by atoms with van der Waals surface area (Å²) in [5, 5.41) is 3.01. The number of nitrogens with zero attached hydrogens (tertiary/aromatic N) is 1. The van der Waals surface area contributed by atoms with Crippen molar-refractivity contribution in [1.82, 2.24) is 9.62 Å². The number of sulfonamides is 1. The van der Waals surface area contributed by atoms with E-state index in [1.807, 2.05) is 6.92 Å². The number of carbonyl (C=O) groups excluding carboxylic acids is 2. The van der Waals surface area contributed by atoms with Gasteiger partial charge >= 0.3 is 5.97 Å². The van der Waals surface area contributed by atoms with Gasteiger partial charge in [0.2, 0.25) is 10.0 Å². The van der Waals surface area contributed by atoms with Crippen LogP contribution in [0.25, 0.3) is 0 Å². The molecule has 1 amide bonds. The van der Waals surface area contributed by atoms with Gasteiger partial charge in [0.25, 0.3) is 5.91 Å². The summed E-state index contributed by atoms with van der Waals surface area (Å²) < 4.78 is 32.3. The van der Waals surface area contributed by atoms with Crippen molar-refractivity contribution >= 4 is 21.9 Å². The van der Waals surface area contributed by atoms with Gasteiger partial charge in [-0.1, -0.05) is 17.7 Å². The number of hydrogen-bond acceptors (Lipinski definition) is 5. The number of benzene rings is 1. The van der Waals surface area contributed by atoms with Crippen LogP contribution >= 0.6 is 0 Å². The van der Waals surface area contributed by atoms with E-state index in [4.69, 9.17) is 4.74 Å². The Kier molecular flexibility index (Phi) is 5.66. The van der Waals surface area contributed by atoms with Gasteiger partial charge in [-0.3, -0.25) is 9.59 Å². The number of rotatable bonds is 8. The molecule has 0 spiro atoms. The van der Waals surface area contributed by atoms with Gasteiger partial charge in [0.1, 0.15) is 6.04 Å². The third-order valence-corrected chi connectivity index (χ3v) is 7.96. The lowest BCUT2D eigenvalue weighted by Crippen LogP contribution is -2.44. The summed E-state index contributed by atoms with van der Waals surface area (Å²) in [4.78, 5) is 25.0. The van der Waals surface area contributed by atoms with Crippen LogP contribution in [0.3, 0.4) is 0 Å². The molecular formula is C21H28N2O5S. The Bertz CT molecular complexity index is 863. The number of aryl methyl sites for hydroxylation is 1. The summed E-state index contributed by atoms with van der Waals surface area (Å²) in [5.74, 6) is 0.176. The zero-order chi connectivity index (χ0) is 20.6. The molecule has 3 fully saturated rings. The zero-order valence-corrected chi connectivity index (χ0v) is 17.5. The molecule has 1 aromatic rings. The van der Waals surface area contributed by atoms with E-state index >= 15 is 0 Å². The molecular weight excluding hydrogens is 392 g/mol. The number of carbonyl (C=O) groups is 2. The molecule has 1 aliphatic heterocycles. The first-order chi connectivity index (χ1) is 13.9. The quantitative estimate of drug-likeness (QED) is 0.650. The monoisotopic (exact) mass is 420 g/mol. The van der Waals surface area contributed by atoms with Crippen LogP contribution in [0.4, 0.5) is 0 Å². The van der Waals surface area contributed by atoms with Crippen molar-refractivity contribution < 1.29 is 22.7 Å². The van der Waals surface area contributed by atoms with Gasteiger partial charge in [0.15, 0.2) is 6.61 Å². The van der Waals surface area contributed by atoms with Crippen molar-refractivity contribution in [2.45, 2.75) is 62.4 Å². The second-order valence-electron chi connectivity index (χ2n) is 8.46. The van der Waals surface area contributed by atoms with E-state index < -0.39 is 22.0 Å². The fraction of sp³-hybridized carbons (Fsp3) is 0.619. The van der Waals surface area contributed by atoms with Crippen molar-refractivity contribution in [3.05, 3.63) is 29.8 Å². The molecule has 29 heavy (non-hydrogen) atoms. The smallest absolute Gasteiger partial charge is 0.324 e. The minimum atomic E-state index is -3.78. The number of nitrogens with one attached hydrogen (secondary N) is 1. The third-order valence-electron chi connectivity index (χ3n) is 6.04. The normalized spacial score (nSPS) is 22.6. The Morgan fingerprint density at radius 1 is 1.10 bits per heavy atom. The molecule has 7 nitrogen and oxygen atoms in total. The van der Waals surface area contributed by atoms with Crippen LogP contribution < -0.4 is 5.32 Å². The van der Waals surface area contributed by atoms with Crippen LogP contribution in [-0.2, 0) is 24.3 Å². The maximum atomic E-state index is 12.9. The van der Waals surface area contributed by atoms with Crippen LogP contribution in [0, 0.1) is 18.8 Å². The van der Waals surface area contributed by atoms with E-state index in [2.05, 4.69) is 5.32 Å². The van der Waals surface area contributed by atoms with Gasteiger partial charge in [-0.25, -0.2) is 8.42 Å². The Labute approximate surface area is 171 Å². The molecule has 1 heterocycles. The number of hydrogen-bond donors (Lipinski definition) is 1. The maximum absolute atomic E-state index is 12.9. The minimum Gasteiger partial charge on any atom is -0.454 e. The molecule has 4 rings (SSSR count). The highest BCUT2D eigenvalue weighted by molar-refractivity contribution is 7.89. The summed E-state index contributed by atoms with van der Waals surface area (Å²) in [7, 11) is -3.78. The molecule has 0 aromatic heterocycles. The van der Waals surface area contributed by atoms with E-state index in [0.717, 1.165) is 31.2 Å². The Balaban J connectivity index is 1.35. The predicted molar refractivity (Wildman–Crippen MR) is 106 cm³/mol. The lowest BCUT2D eigenvalue weighted by molar-refractivity contribution is -0.151. The highest BCUT2D eigenvalue weighted by atomic mass is 32.2. The highest BCUT2D eigenvalue weighted by Gasteiger charge is 2.43. The molecule has 8 heteroatoms. The zero-order valence-electron chi connectivity index (χ0n) is 16.7. The standard InChI is InChI=1S/C21H28N2O5S/c1-14-4-10-17(11-5-14)29(26,27)23-12-2-3-18(23)21(25)28-13-19(24)22-20(15-6-7-15)16-8-9-16/h4-5,10-11,15-16,18,20H,2-3,6-9,12-13H2,1H3,(H,22,24)/t18-/m0/s1. The molecule has 0 bridgehead atoms. The molecule has 1 N–H and O–H groups in total. The lowest BCUT2D eigenvalue weighted by Gasteiger charge is -2.23. The highest BCUT2D eigenvalue weighted by Crippen LogP contribution is 2.44. The van der Waals surface area contributed by atoms with Gasteiger partial charge in [0.05, 0.1) is 4.90 Å². The Hall–Kier alpha value is -1.93. The number of esters is 1. The van der Waals surface area contributed by atoms with Crippen LogP contribution in [0.5, 0.6) is 0 Å². The summed E-state index contributed by atoms with van der Waals surface area (Å²) >= 11 is 0. The van der Waals surface area contributed by atoms with E-state index in [9.17, 15) is 18.0 Å². The van der Waals surface area contributed by atoms with Crippen molar-refractivity contribution in [2.75, 3.05) is 13.2 Å². The Morgan fingerprint density at radius 2 is 1.72 bits per heavy atom. The van der Waals surface area contributed by atoms with Crippen molar-refractivity contribution in [3.8, 4) is 0 Å². The molecule has 1 saturated heterocycles. The van der Waals surface area contributed by atoms with Gasteiger partial charge in [0, 0.05) is 12.6 Å². The molecule has 158 valence electrons. The van der Waals surface area contributed by atoms with Crippen molar-refractivity contribution in [2.24, 2.45) is 11.8 Å². The molecule has 1 aromatic carbocycles. The minimum absolute atomic E-state index is 0.164. The van der Waals surface area contributed by atoms with E-state index in [1.54, 1.807) is 24.3 Å². The second kappa shape index (κ2) is 8.07. The lowest BCUT2D eigenvalue weighted by atomic mass is 10.1. The fourth-order valence-electron chi connectivity index (χ4n) is 4.10. The predicted octanol–water partition coefficient (Wildman–Crippen LogP) is 2.00. The van der Waals surface area contributed by atoms with Crippen LogP contribution in [0.2, 0.25) is 0 Å². The van der Waals surface area contributed by atoms with Crippen LogP contribution in [0.15, 0.2) is 29.2 Å². The molecule has 2 aliphatic carbocycles. The first-order valence-electron chi connectivity index (χ1n) is 10.4. The average molecular weight is 421 g/mol. The van der Waals surface area contributed by atoms with E-state index in [1.165, 1.54) is 4.31 Å². The SMILES string of the molecule is Cc1ccc(S(=O)(=O)N2CCC[C@H]2C(=O)OCC(=O)NC(C2CC2)C2CC2)cc1. The first-order valence-corrected chi connectivity index (χ1v) is 11.8. The average Bonchev–Trinajstić information content (AvgIpc) is 3.63. The van der Waals surface area contributed by atoms with Gasteiger partial charge in [-0.15, -0.1) is 0 Å². The largest absolute Gasteiger partial charge is 0.454 e. The fourth-order valence-corrected chi connectivity index (χ4v) is 5.75. The van der Waals surface area contributed by atoms with Crippen LogP contribution in [0.1, 0.15) is 44.1 Å². The number of amides is 1. The first kappa shape index (κ1) is 20.3. The van der Waals surface area contributed by atoms with Crippen molar-refractivity contribution in [3.63, 3.8) is 0 Å². The summed E-state index contributed by atoms with van der Waals surface area (Å²) in [6.45, 7) is 1.80. The molecule has 0 unspecified atom stereocenters. The maximum Gasteiger partial charge on any atom is 0.324 e. The van der Waals surface area contributed by atoms with Gasteiger partial charge in [-0.05, 0) is 69.4 Å². The van der Waals surface area contributed by atoms with Gasteiger partial charge < -0.3 is 10.1 Å². The second-order valence-corrected chi connectivity index (χ2v) is 10.4. The molecule has 0 radical (unpaired) electrons. The molecule has 1 atom stereocenters. The van der Waals surface area contributed by atoms with E-state index in [0.29, 0.717) is 24.7 Å². The summed E-state index contributed by atoms with van der Waals surface area (Å²) in [6, 6.07) is 5.89. The Morgan fingerprint density at radius 3 is 2.31 bits per heavy atom. The summed E-state index contributed by atoms with van der Waals surface area (Å²) in [5.41, 5.74) is 0.961. The molecule has 3 aliphatic rings. The van der Waals surface area contributed by atoms with Gasteiger partial charge in [-0.2, -0.15) is 4.31 Å². The van der Waals surface area contributed by atoms with Crippen LogP contribution in [-0.4, -0.2) is 49.8 Å². The summed E-state index contributed by atoms with van der Waals surface area (Å²) in [6.07, 6.45) is 5.58. The molecule has 2 saturated carbocycles. The topological polar surface area (TPSA) is 92.8 Å². The van der Waals surface area contributed by atoms with E-state index in [-0.39, 0.29) is 30.0 Å². The third kappa shape index (κ3) is 4.64. The van der Waals surface area contributed by atoms with Crippen molar-refractivity contribution in [1.29, 1.82) is 0 Å². The number of ether oxygens (including phenoxy) is 1.